The number of hydrogen-bond donors (Lipinski definition) is 3. The summed E-state index contributed by atoms with van der Waals surface area (Å²) in [6.07, 6.45) is 1.18. The predicted octanol–water partition coefficient (Wildman–Crippen LogP) is -3.88. The quantitative estimate of drug-likeness (QED) is 0.118. The average Bonchev–Trinajstić information content (AvgIpc) is 2.42. The Balaban J connectivity index is 2.77. The predicted molar refractivity (Wildman–Crippen MR) is 67.3 cm³/mol. The normalized spacial score (nSPS) is 11.9. The van der Waals surface area contributed by atoms with Crippen molar-refractivity contribution >= 4 is 27.4 Å². The molecule has 0 saturated heterocycles. The number of carboxylic acids is 1. The van der Waals surface area contributed by atoms with E-state index in [0.717, 1.165) is 5.69 Å². The van der Waals surface area contributed by atoms with Crippen LogP contribution < -0.4 is 32.0 Å². The first-order valence-electron chi connectivity index (χ1n) is 5.29. The molecule has 1 aromatic rings. The Bertz CT molecular complexity index is 524. The van der Waals surface area contributed by atoms with Crippen LogP contribution in [0.1, 0.15) is 16.8 Å². The number of carbonyl (C=O) groups excluding carboxylic acids is 1. The van der Waals surface area contributed by atoms with Crippen LogP contribution in [0.15, 0.2) is 29.4 Å². The van der Waals surface area contributed by atoms with Gasteiger partial charge in [-0.15, -0.1) is 0 Å². The third-order valence-corrected chi connectivity index (χ3v) is 3.79. The molecule has 0 saturated carbocycles. The Morgan fingerprint density at radius 1 is 1.42 bits per heavy atom. The summed E-state index contributed by atoms with van der Waals surface area (Å²) >= 11 is -0.444. The van der Waals surface area contributed by atoms with Crippen LogP contribution in [0.3, 0.4) is 0 Å². The van der Waals surface area contributed by atoms with Crippen molar-refractivity contribution in [2.24, 2.45) is 10.9 Å². The molecule has 0 unspecified atom stereocenters. The minimum absolute atomic E-state index is 0.185. The number of nitrogens with two attached hydrogens (primary N) is 1. The molecule has 0 bridgehead atoms. The van der Waals surface area contributed by atoms with E-state index in [4.69, 9.17) is 10.9 Å². The molecule has 0 fully saturated rings. The molecule has 102 valence electrons. The molecule has 6 nitrogen and oxygen atoms in total. The molecular formula is C12H14IN3O3. The van der Waals surface area contributed by atoms with E-state index in [0.29, 0.717) is 5.56 Å². The van der Waals surface area contributed by atoms with Gasteiger partial charge in [-0.1, -0.05) is 0 Å². The molecule has 4 N–H and O–H groups in total. The van der Waals surface area contributed by atoms with Gasteiger partial charge in [0.25, 0.3) is 0 Å². The molecule has 0 aliphatic carbocycles. The van der Waals surface area contributed by atoms with Crippen LogP contribution >= 0.6 is 0 Å². The van der Waals surface area contributed by atoms with Crippen LogP contribution in [0, 0.1) is 0 Å². The summed E-state index contributed by atoms with van der Waals surface area (Å²) in [5.74, 6) is 4.07. The van der Waals surface area contributed by atoms with E-state index in [1.165, 1.54) is 6.21 Å². The molecule has 1 aromatic carbocycles. The van der Waals surface area contributed by atoms with Crippen molar-refractivity contribution in [3.8, 4) is 0 Å². The third kappa shape index (κ3) is 5.16. The second kappa shape index (κ2) is 7.62. The molecular weight excluding hydrogens is 361 g/mol. The van der Waals surface area contributed by atoms with Crippen molar-refractivity contribution in [3.05, 3.63) is 29.8 Å². The van der Waals surface area contributed by atoms with Gasteiger partial charge in [0.05, 0.1) is 0 Å². The zero-order valence-electron chi connectivity index (χ0n) is 10.3. The van der Waals surface area contributed by atoms with Gasteiger partial charge >= 0.3 is 120 Å². The fraction of sp³-hybridized carbons (Fsp3) is 0.167. The summed E-state index contributed by atoms with van der Waals surface area (Å²) in [7, 11) is 0. The molecule has 0 aliphatic rings. The van der Waals surface area contributed by atoms with Gasteiger partial charge in [0.2, 0.25) is 0 Å². The van der Waals surface area contributed by atoms with Crippen LogP contribution in [0.2, 0.25) is 0 Å². The summed E-state index contributed by atoms with van der Waals surface area (Å²) in [6, 6.07) is 6.96. The first kappa shape index (κ1) is 15.3. The second-order valence-electron chi connectivity index (χ2n) is 3.52. The van der Waals surface area contributed by atoms with E-state index in [1.807, 2.05) is 4.93 Å². The summed E-state index contributed by atoms with van der Waals surface area (Å²) in [4.78, 5) is 26.8. The zero-order valence-corrected chi connectivity index (χ0v) is 12.4. The minimum atomic E-state index is -1.00. The van der Waals surface area contributed by atoms with Crippen molar-refractivity contribution in [1.82, 2.24) is 0 Å². The fourth-order valence-electron chi connectivity index (χ4n) is 1.26. The molecule has 19 heavy (non-hydrogen) atoms. The van der Waals surface area contributed by atoms with Crippen LogP contribution in [0.5, 0.6) is 0 Å². The number of carboxylic acid groups (broad SMARTS) is 1. The number of benzene rings is 1. The molecule has 0 amide bonds. The van der Waals surface area contributed by atoms with Gasteiger partial charge in [0.1, 0.15) is 0 Å². The van der Waals surface area contributed by atoms with Crippen molar-refractivity contribution in [2.75, 3.05) is 4.93 Å². The molecule has 0 radical (unpaired) electrons. The Hall–Kier alpha value is -1.77. The van der Waals surface area contributed by atoms with E-state index in [2.05, 4.69) is 10.1 Å². The molecule has 0 spiro atoms. The monoisotopic (exact) mass is 375 g/mol. The van der Waals surface area contributed by atoms with Gasteiger partial charge in [-0.2, -0.15) is 0 Å². The van der Waals surface area contributed by atoms with Crippen molar-refractivity contribution < 1.29 is 40.9 Å². The Morgan fingerprint density at radius 2 is 2.05 bits per heavy atom. The zero-order chi connectivity index (χ0) is 14.3. The van der Waals surface area contributed by atoms with E-state index in [1.54, 1.807) is 24.3 Å². The maximum atomic E-state index is 11.5. The number of nitrogens with one attached hydrogen (secondary N) is 1. The van der Waals surface area contributed by atoms with Gasteiger partial charge in [0.15, 0.2) is 0 Å². The summed E-state index contributed by atoms with van der Waals surface area (Å²) in [5, 5.41) is 12.0. The van der Waals surface area contributed by atoms with Gasteiger partial charge in [-0.05, 0) is 0 Å². The number of alkyl halides is 1. The Labute approximate surface area is 120 Å². The number of halogens is 1. The number of aliphatic carboxylic acids is 1. The van der Waals surface area contributed by atoms with Crippen LogP contribution in [0.4, 0.5) is 5.69 Å². The summed E-state index contributed by atoms with van der Waals surface area (Å²) < 4.78 is 0.185. The van der Waals surface area contributed by atoms with Gasteiger partial charge in [-0.3, -0.25) is 0 Å². The number of rotatable bonds is 6. The van der Waals surface area contributed by atoms with Gasteiger partial charge in [0, 0.05) is 0 Å². The molecule has 0 atom stereocenters. The first-order valence-corrected chi connectivity index (χ1v) is 8.52. The molecule has 0 heterocycles. The van der Waals surface area contributed by atoms with Crippen molar-refractivity contribution in [3.63, 3.8) is 0 Å². The average molecular weight is 375 g/mol. The molecule has 1 rings (SSSR count). The number of hydrogen-bond acceptors (Lipinski definition) is 4. The maximum absolute atomic E-state index is 11.5. The van der Waals surface area contributed by atoms with Crippen LogP contribution in [-0.2, 0) is 4.79 Å². The SMILES string of the molecule is C[I-]C(=O)c1ccc([NH+]=CC(CC(=O)O)=NN)cc1. The third-order valence-electron chi connectivity index (χ3n) is 2.19. The van der Waals surface area contributed by atoms with Crippen molar-refractivity contribution in [2.45, 2.75) is 6.42 Å². The summed E-state index contributed by atoms with van der Waals surface area (Å²) in [6.45, 7) is 0. The molecule has 0 aromatic heterocycles. The number of nitrogens with zero attached hydrogens (tertiary/aromatic N) is 1. The van der Waals surface area contributed by atoms with E-state index >= 15 is 0 Å². The van der Waals surface area contributed by atoms with E-state index in [-0.39, 0.29) is 15.9 Å². The Kier molecular flexibility index (Phi) is 6.13. The van der Waals surface area contributed by atoms with Crippen LogP contribution in [-0.4, -0.2) is 31.7 Å². The van der Waals surface area contributed by atoms with Crippen LogP contribution in [0.25, 0.3) is 0 Å². The van der Waals surface area contributed by atoms with Gasteiger partial charge in [-0.25, -0.2) is 0 Å². The first-order chi connectivity index (χ1) is 9.06. The van der Waals surface area contributed by atoms with Gasteiger partial charge < -0.3 is 0 Å². The summed E-state index contributed by atoms with van der Waals surface area (Å²) in [5.41, 5.74) is 1.66. The molecule has 7 heteroatoms. The van der Waals surface area contributed by atoms with Crippen molar-refractivity contribution in [1.29, 1.82) is 0 Å². The standard InChI is InChI=1S/C12H13IN3O3/c1-13-12(19)8-2-4-9(5-3-8)15-7-10(16-14)6-11(17)18/h2-5,7H,6,14H2,1H3,(H,17,18)/q-1/p+1. The van der Waals surface area contributed by atoms with E-state index in [9.17, 15) is 9.59 Å². The second-order valence-corrected chi connectivity index (χ2v) is 5.58. The Morgan fingerprint density at radius 3 is 2.53 bits per heavy atom. The number of carbonyl (C=O) groups is 2. The molecule has 0 aliphatic heterocycles. The fourth-order valence-corrected chi connectivity index (χ4v) is 2.24. The topological polar surface area (TPSA) is 107 Å². The number of hydrazone groups is 1. The van der Waals surface area contributed by atoms with E-state index < -0.39 is 27.2 Å².